The van der Waals surface area contributed by atoms with E-state index >= 15 is 0 Å². The molecule has 0 aromatic heterocycles. The molecule has 1 aromatic carbocycles. The number of ether oxygens (including phenoxy) is 1. The van der Waals surface area contributed by atoms with E-state index in [9.17, 15) is 4.79 Å². The van der Waals surface area contributed by atoms with Crippen molar-refractivity contribution < 1.29 is 9.53 Å². The molecule has 0 bridgehead atoms. The average Bonchev–Trinajstić information content (AvgIpc) is 2.80. The first-order valence-electron chi connectivity index (χ1n) is 7.13. The molecule has 0 aliphatic carbocycles. The Labute approximate surface area is 127 Å². The summed E-state index contributed by atoms with van der Waals surface area (Å²) >= 11 is 3.89. The second kappa shape index (κ2) is 4.97. The third-order valence-electron chi connectivity index (χ3n) is 4.18. The maximum Gasteiger partial charge on any atom is 0.256 e. The molecule has 2 saturated heterocycles. The van der Waals surface area contributed by atoms with E-state index in [-0.39, 0.29) is 5.91 Å². The van der Waals surface area contributed by atoms with Crippen molar-refractivity contribution in [1.29, 1.82) is 0 Å². The maximum absolute atomic E-state index is 12.7. The van der Waals surface area contributed by atoms with Crippen molar-refractivity contribution in [3.8, 4) is 0 Å². The molecular weight excluding hydrogens is 290 g/mol. The summed E-state index contributed by atoms with van der Waals surface area (Å²) in [5.41, 5.74) is 1.39. The highest BCUT2D eigenvalue weighted by Gasteiger charge is 2.57. The Hall–Kier alpha value is -0.650. The minimum atomic E-state index is -0.526. The van der Waals surface area contributed by atoms with E-state index in [4.69, 9.17) is 4.74 Å². The summed E-state index contributed by atoms with van der Waals surface area (Å²) in [6.45, 7) is 1.56. The van der Waals surface area contributed by atoms with Gasteiger partial charge in [0.15, 0.2) is 5.72 Å². The summed E-state index contributed by atoms with van der Waals surface area (Å²) in [6.07, 6.45) is 2.18. The monoisotopic (exact) mass is 307 g/mol. The maximum atomic E-state index is 12.7. The van der Waals surface area contributed by atoms with Gasteiger partial charge in [-0.2, -0.15) is 0 Å². The molecule has 1 atom stereocenters. The number of nitrogens with zero attached hydrogens (tertiary/aromatic N) is 1. The summed E-state index contributed by atoms with van der Waals surface area (Å²) in [4.78, 5) is 14.7. The molecule has 5 heteroatoms. The van der Waals surface area contributed by atoms with Crippen LogP contribution in [0.15, 0.2) is 24.3 Å². The third-order valence-corrected chi connectivity index (χ3v) is 7.29. The van der Waals surface area contributed by atoms with Crippen LogP contribution in [0.2, 0.25) is 0 Å². The average molecular weight is 307 g/mol. The fourth-order valence-corrected chi connectivity index (χ4v) is 6.62. The Balaban J connectivity index is 1.86. The zero-order valence-electron chi connectivity index (χ0n) is 11.2. The van der Waals surface area contributed by atoms with Crippen LogP contribution in [0.5, 0.6) is 0 Å². The Kier molecular flexibility index (Phi) is 3.24. The number of thioether (sulfide) groups is 2. The van der Waals surface area contributed by atoms with Crippen molar-refractivity contribution in [2.24, 2.45) is 0 Å². The second-order valence-electron chi connectivity index (χ2n) is 5.33. The van der Waals surface area contributed by atoms with E-state index in [1.54, 1.807) is 0 Å². The quantitative estimate of drug-likeness (QED) is 0.798. The highest BCUT2D eigenvalue weighted by molar-refractivity contribution is 8.17. The molecule has 0 unspecified atom stereocenters. The molecule has 0 spiro atoms. The van der Waals surface area contributed by atoms with Crippen LogP contribution in [0.3, 0.4) is 0 Å². The molecule has 20 heavy (non-hydrogen) atoms. The van der Waals surface area contributed by atoms with E-state index in [2.05, 4.69) is 6.07 Å². The number of rotatable bonds is 1. The first kappa shape index (κ1) is 13.0. The van der Waals surface area contributed by atoms with Crippen LogP contribution >= 0.6 is 23.5 Å². The standard InChI is InChI=1S/C15H17NO2S2/c17-13-11-5-1-2-6-12(11)15(14-19-9-4-10-20-14)16(13)7-3-8-18-15/h1-2,5-6,14H,3-4,7-10H2/t15-/m1/s1. The number of amides is 1. The molecule has 3 aliphatic rings. The Bertz CT molecular complexity index is 544. The van der Waals surface area contributed by atoms with Gasteiger partial charge in [0.25, 0.3) is 5.91 Å². The Morgan fingerprint density at radius 3 is 2.85 bits per heavy atom. The number of carbonyl (C=O) groups excluding carboxylic acids is 1. The molecule has 2 fully saturated rings. The summed E-state index contributed by atoms with van der Waals surface area (Å²) in [5, 5.41) is 0. The van der Waals surface area contributed by atoms with Gasteiger partial charge < -0.3 is 9.64 Å². The molecule has 0 saturated carbocycles. The van der Waals surface area contributed by atoms with Gasteiger partial charge in [0.1, 0.15) is 4.58 Å². The van der Waals surface area contributed by atoms with Crippen LogP contribution in [-0.2, 0) is 10.5 Å². The van der Waals surface area contributed by atoms with Gasteiger partial charge in [-0.15, -0.1) is 23.5 Å². The fourth-order valence-electron chi connectivity index (χ4n) is 3.33. The molecule has 4 rings (SSSR count). The van der Waals surface area contributed by atoms with Crippen LogP contribution < -0.4 is 0 Å². The predicted molar refractivity (Wildman–Crippen MR) is 83.0 cm³/mol. The topological polar surface area (TPSA) is 29.5 Å². The SMILES string of the molecule is O=C1c2ccccc2[C@]2(C3SCCCS3)OCCCN12. The van der Waals surface area contributed by atoms with Gasteiger partial charge >= 0.3 is 0 Å². The zero-order chi connectivity index (χ0) is 13.6. The van der Waals surface area contributed by atoms with Crippen molar-refractivity contribution in [3.63, 3.8) is 0 Å². The first-order valence-corrected chi connectivity index (χ1v) is 9.22. The van der Waals surface area contributed by atoms with Gasteiger partial charge in [0.05, 0.1) is 6.61 Å². The van der Waals surface area contributed by atoms with Crippen molar-refractivity contribution in [2.75, 3.05) is 24.7 Å². The summed E-state index contributed by atoms with van der Waals surface area (Å²) < 4.78 is 6.58. The summed E-state index contributed by atoms with van der Waals surface area (Å²) in [7, 11) is 0. The lowest BCUT2D eigenvalue weighted by Gasteiger charge is -2.47. The third kappa shape index (κ3) is 1.69. The second-order valence-corrected chi connectivity index (χ2v) is 8.05. The molecule has 1 aromatic rings. The van der Waals surface area contributed by atoms with Crippen LogP contribution in [0.25, 0.3) is 0 Å². The van der Waals surface area contributed by atoms with Crippen LogP contribution in [0, 0.1) is 0 Å². The lowest BCUT2D eigenvalue weighted by molar-refractivity contribution is -0.155. The van der Waals surface area contributed by atoms with Crippen LogP contribution in [0.1, 0.15) is 28.8 Å². The van der Waals surface area contributed by atoms with Crippen molar-refractivity contribution >= 4 is 29.4 Å². The molecule has 0 N–H and O–H groups in total. The molecule has 1 amide bonds. The first-order chi connectivity index (χ1) is 9.84. The number of carbonyl (C=O) groups is 1. The number of hydrogen-bond acceptors (Lipinski definition) is 4. The Morgan fingerprint density at radius 2 is 2.00 bits per heavy atom. The normalized spacial score (nSPS) is 30.2. The van der Waals surface area contributed by atoms with Crippen molar-refractivity contribution in [3.05, 3.63) is 35.4 Å². The van der Waals surface area contributed by atoms with Gasteiger partial charge in [-0.3, -0.25) is 4.79 Å². The largest absolute Gasteiger partial charge is 0.349 e. The lowest BCUT2D eigenvalue weighted by Crippen LogP contribution is -2.55. The molecule has 3 nitrogen and oxygen atoms in total. The van der Waals surface area contributed by atoms with Gasteiger partial charge in [0, 0.05) is 17.7 Å². The highest BCUT2D eigenvalue weighted by atomic mass is 32.2. The molecular formula is C15H17NO2S2. The molecule has 106 valence electrons. The van der Waals surface area contributed by atoms with Crippen LogP contribution in [0.4, 0.5) is 0 Å². The number of benzene rings is 1. The van der Waals surface area contributed by atoms with Gasteiger partial charge in [-0.25, -0.2) is 0 Å². The summed E-state index contributed by atoms with van der Waals surface area (Å²) in [5.74, 6) is 2.46. The highest BCUT2D eigenvalue weighted by Crippen LogP contribution is 2.53. The minimum Gasteiger partial charge on any atom is -0.349 e. The van der Waals surface area contributed by atoms with E-state index in [1.807, 2.05) is 46.6 Å². The fraction of sp³-hybridized carbons (Fsp3) is 0.533. The lowest BCUT2D eigenvalue weighted by atomic mass is 10.0. The zero-order valence-corrected chi connectivity index (χ0v) is 12.8. The van der Waals surface area contributed by atoms with Crippen LogP contribution in [-0.4, -0.2) is 40.0 Å². The summed E-state index contributed by atoms with van der Waals surface area (Å²) in [6, 6.07) is 7.99. The number of fused-ring (bicyclic) bond motifs is 3. The predicted octanol–water partition coefficient (Wildman–Crippen LogP) is 2.91. The molecule has 3 heterocycles. The molecule has 3 aliphatic heterocycles. The minimum absolute atomic E-state index is 0.145. The van der Waals surface area contributed by atoms with Crippen molar-refractivity contribution in [2.45, 2.75) is 23.1 Å². The van der Waals surface area contributed by atoms with E-state index in [0.29, 0.717) is 4.58 Å². The van der Waals surface area contributed by atoms with Gasteiger partial charge in [-0.05, 0) is 30.4 Å². The smallest absolute Gasteiger partial charge is 0.256 e. The van der Waals surface area contributed by atoms with E-state index in [1.165, 1.54) is 6.42 Å². The number of hydrogen-bond donors (Lipinski definition) is 0. The Morgan fingerprint density at radius 1 is 1.20 bits per heavy atom. The van der Waals surface area contributed by atoms with Gasteiger partial charge in [-0.1, -0.05) is 18.2 Å². The van der Waals surface area contributed by atoms with E-state index < -0.39 is 5.72 Å². The van der Waals surface area contributed by atoms with E-state index in [0.717, 1.165) is 42.2 Å². The van der Waals surface area contributed by atoms with Gasteiger partial charge in [0.2, 0.25) is 0 Å². The van der Waals surface area contributed by atoms with Crippen molar-refractivity contribution in [1.82, 2.24) is 4.90 Å². The molecule has 0 radical (unpaired) electrons.